The van der Waals surface area contributed by atoms with E-state index < -0.39 is 0 Å². The SMILES string of the molecule is Cl.Cl.NCCc1nc(C(=O)NCCc2ncc[nH]2)cs1. The van der Waals surface area contributed by atoms with Crippen molar-refractivity contribution in [3.05, 3.63) is 34.3 Å². The van der Waals surface area contributed by atoms with E-state index in [1.807, 2.05) is 0 Å². The highest BCUT2D eigenvalue weighted by Crippen LogP contribution is 2.09. The van der Waals surface area contributed by atoms with Crippen LogP contribution in [0, 0.1) is 0 Å². The first-order valence-corrected chi connectivity index (χ1v) is 6.58. The molecule has 0 radical (unpaired) electrons. The van der Waals surface area contributed by atoms with Crippen molar-refractivity contribution in [2.45, 2.75) is 12.8 Å². The van der Waals surface area contributed by atoms with Crippen LogP contribution in [0.5, 0.6) is 0 Å². The highest BCUT2D eigenvalue weighted by Gasteiger charge is 2.09. The number of nitrogens with two attached hydrogens (primary N) is 1. The highest BCUT2D eigenvalue weighted by atomic mass is 35.5. The van der Waals surface area contributed by atoms with Crippen molar-refractivity contribution >= 4 is 42.1 Å². The Bertz CT molecular complexity index is 503. The molecule has 0 aromatic carbocycles. The van der Waals surface area contributed by atoms with E-state index in [9.17, 15) is 4.79 Å². The van der Waals surface area contributed by atoms with Crippen molar-refractivity contribution in [3.63, 3.8) is 0 Å². The summed E-state index contributed by atoms with van der Waals surface area (Å²) in [7, 11) is 0. The van der Waals surface area contributed by atoms with Crippen LogP contribution in [-0.4, -0.2) is 33.9 Å². The molecule has 2 aromatic heterocycles. The number of nitrogens with zero attached hydrogens (tertiary/aromatic N) is 2. The van der Waals surface area contributed by atoms with Gasteiger partial charge in [0.15, 0.2) is 0 Å². The molecule has 1 amide bonds. The first-order valence-electron chi connectivity index (χ1n) is 5.70. The fourth-order valence-corrected chi connectivity index (χ4v) is 2.27. The number of halogens is 2. The number of hydrogen-bond donors (Lipinski definition) is 3. The Balaban J connectivity index is 0.00000180. The lowest BCUT2D eigenvalue weighted by atomic mass is 10.3. The van der Waals surface area contributed by atoms with Crippen LogP contribution in [0.2, 0.25) is 0 Å². The second-order valence-corrected chi connectivity index (χ2v) is 4.65. The maximum absolute atomic E-state index is 11.8. The number of amides is 1. The number of rotatable bonds is 6. The Morgan fingerprint density at radius 1 is 1.40 bits per heavy atom. The lowest BCUT2D eigenvalue weighted by Crippen LogP contribution is -2.26. The summed E-state index contributed by atoms with van der Waals surface area (Å²) in [6.45, 7) is 1.09. The van der Waals surface area contributed by atoms with Gasteiger partial charge in [0.2, 0.25) is 0 Å². The van der Waals surface area contributed by atoms with E-state index in [-0.39, 0.29) is 30.7 Å². The highest BCUT2D eigenvalue weighted by molar-refractivity contribution is 7.09. The number of H-pyrrole nitrogens is 1. The standard InChI is InChI=1S/C11H15N5OS.2ClH/c12-3-1-10-16-8(7-18-10)11(17)15-4-2-9-13-5-6-14-9;;/h5-7H,1-4,12H2,(H,13,14)(H,15,17);2*1H. The van der Waals surface area contributed by atoms with Gasteiger partial charge in [-0.1, -0.05) is 0 Å². The molecule has 0 aliphatic heterocycles. The molecule has 0 saturated carbocycles. The predicted octanol–water partition coefficient (Wildman–Crippen LogP) is 1.18. The molecule has 2 rings (SSSR count). The Morgan fingerprint density at radius 2 is 2.20 bits per heavy atom. The Morgan fingerprint density at radius 3 is 2.85 bits per heavy atom. The van der Waals surface area contributed by atoms with Gasteiger partial charge in [0.05, 0.1) is 5.01 Å². The zero-order valence-electron chi connectivity index (χ0n) is 10.7. The van der Waals surface area contributed by atoms with Crippen LogP contribution in [0.3, 0.4) is 0 Å². The number of imidazole rings is 1. The number of hydrogen-bond acceptors (Lipinski definition) is 5. The van der Waals surface area contributed by atoms with Crippen LogP contribution in [0.1, 0.15) is 21.3 Å². The van der Waals surface area contributed by atoms with Gasteiger partial charge in [-0.15, -0.1) is 36.2 Å². The molecule has 2 aromatic rings. The molecule has 112 valence electrons. The quantitative estimate of drug-likeness (QED) is 0.737. The van der Waals surface area contributed by atoms with Gasteiger partial charge in [-0.25, -0.2) is 9.97 Å². The number of nitrogens with one attached hydrogen (secondary N) is 2. The van der Waals surface area contributed by atoms with E-state index in [1.165, 1.54) is 11.3 Å². The first kappa shape index (κ1) is 18.9. The maximum atomic E-state index is 11.8. The molecule has 0 spiro atoms. The minimum Gasteiger partial charge on any atom is -0.350 e. The van der Waals surface area contributed by atoms with Gasteiger partial charge >= 0.3 is 0 Å². The molecule has 2 heterocycles. The predicted molar refractivity (Wildman–Crippen MR) is 84.0 cm³/mol. The van der Waals surface area contributed by atoms with E-state index in [2.05, 4.69) is 20.3 Å². The number of thiazole rings is 1. The Labute approximate surface area is 133 Å². The van der Waals surface area contributed by atoms with E-state index in [1.54, 1.807) is 17.8 Å². The van der Waals surface area contributed by atoms with Gasteiger partial charge in [0, 0.05) is 37.2 Å². The maximum Gasteiger partial charge on any atom is 0.270 e. The van der Waals surface area contributed by atoms with Crippen molar-refractivity contribution in [3.8, 4) is 0 Å². The molecule has 0 aliphatic rings. The first-order chi connectivity index (χ1) is 8.79. The summed E-state index contributed by atoms with van der Waals surface area (Å²) in [6.07, 6.45) is 4.84. The summed E-state index contributed by atoms with van der Waals surface area (Å²) in [6, 6.07) is 0. The van der Waals surface area contributed by atoms with Gasteiger partial charge < -0.3 is 16.0 Å². The summed E-state index contributed by atoms with van der Waals surface area (Å²) in [5.41, 5.74) is 5.90. The second kappa shape index (κ2) is 9.71. The van der Waals surface area contributed by atoms with Crippen LogP contribution >= 0.6 is 36.2 Å². The van der Waals surface area contributed by atoms with Crippen molar-refractivity contribution in [2.24, 2.45) is 5.73 Å². The summed E-state index contributed by atoms with van der Waals surface area (Å²) >= 11 is 1.46. The van der Waals surface area contributed by atoms with Crippen LogP contribution in [0.15, 0.2) is 17.8 Å². The number of aromatic nitrogens is 3. The minimum atomic E-state index is -0.152. The number of carbonyl (C=O) groups excluding carboxylic acids is 1. The summed E-state index contributed by atoms with van der Waals surface area (Å²) in [5, 5.41) is 5.46. The van der Waals surface area contributed by atoms with Gasteiger partial charge in [0.25, 0.3) is 5.91 Å². The Hall–Kier alpha value is -1.15. The lowest BCUT2D eigenvalue weighted by molar-refractivity contribution is 0.0949. The van der Waals surface area contributed by atoms with Crippen molar-refractivity contribution in [2.75, 3.05) is 13.1 Å². The summed E-state index contributed by atoms with van der Waals surface area (Å²) < 4.78 is 0. The molecule has 0 unspecified atom stereocenters. The molecule has 0 atom stereocenters. The third-order valence-electron chi connectivity index (χ3n) is 2.34. The van der Waals surface area contributed by atoms with E-state index in [0.717, 1.165) is 10.8 Å². The molecular weight excluding hydrogens is 321 g/mol. The molecular formula is C11H17Cl2N5OS. The zero-order chi connectivity index (χ0) is 12.8. The average Bonchev–Trinajstić information content (AvgIpc) is 3.00. The van der Waals surface area contributed by atoms with Gasteiger partial charge in [0.1, 0.15) is 11.5 Å². The zero-order valence-corrected chi connectivity index (χ0v) is 13.1. The van der Waals surface area contributed by atoms with Gasteiger partial charge in [-0.2, -0.15) is 0 Å². The third kappa shape index (κ3) is 5.46. The smallest absolute Gasteiger partial charge is 0.270 e. The fourth-order valence-electron chi connectivity index (χ4n) is 1.47. The van der Waals surface area contributed by atoms with Gasteiger partial charge in [-0.3, -0.25) is 4.79 Å². The monoisotopic (exact) mass is 337 g/mol. The van der Waals surface area contributed by atoms with E-state index in [0.29, 0.717) is 31.6 Å². The summed E-state index contributed by atoms with van der Waals surface area (Å²) in [5.74, 6) is 0.707. The number of carbonyl (C=O) groups is 1. The molecule has 0 aliphatic carbocycles. The molecule has 9 heteroatoms. The average molecular weight is 338 g/mol. The minimum absolute atomic E-state index is 0. The van der Waals surface area contributed by atoms with Gasteiger partial charge in [-0.05, 0) is 6.54 Å². The molecule has 0 fully saturated rings. The largest absolute Gasteiger partial charge is 0.350 e. The molecule has 4 N–H and O–H groups in total. The summed E-state index contributed by atoms with van der Waals surface area (Å²) in [4.78, 5) is 23.0. The van der Waals surface area contributed by atoms with Crippen LogP contribution in [-0.2, 0) is 12.8 Å². The van der Waals surface area contributed by atoms with Crippen LogP contribution in [0.4, 0.5) is 0 Å². The van der Waals surface area contributed by atoms with E-state index in [4.69, 9.17) is 5.73 Å². The topological polar surface area (TPSA) is 96.7 Å². The Kier molecular flexibility index (Phi) is 9.15. The normalized spacial score (nSPS) is 9.45. The van der Waals surface area contributed by atoms with Crippen LogP contribution in [0.25, 0.3) is 0 Å². The molecule has 0 bridgehead atoms. The second-order valence-electron chi connectivity index (χ2n) is 3.71. The third-order valence-corrected chi connectivity index (χ3v) is 3.25. The number of aromatic amines is 1. The van der Waals surface area contributed by atoms with Crippen LogP contribution < -0.4 is 11.1 Å². The molecule has 6 nitrogen and oxygen atoms in total. The van der Waals surface area contributed by atoms with Crippen molar-refractivity contribution in [1.82, 2.24) is 20.3 Å². The van der Waals surface area contributed by atoms with E-state index >= 15 is 0 Å². The lowest BCUT2D eigenvalue weighted by Gasteiger charge is -2.01. The fraction of sp³-hybridized carbons (Fsp3) is 0.364. The van der Waals surface area contributed by atoms with Crippen molar-refractivity contribution in [1.29, 1.82) is 0 Å². The van der Waals surface area contributed by atoms with Crippen molar-refractivity contribution < 1.29 is 4.79 Å². The molecule has 20 heavy (non-hydrogen) atoms. The molecule has 0 saturated heterocycles.